The Kier molecular flexibility index (Phi) is 10.2. The third-order valence-corrected chi connectivity index (χ3v) is 7.15. The summed E-state index contributed by atoms with van der Waals surface area (Å²) in [5, 5.41) is 31.4. The van der Waals surface area contributed by atoms with Gasteiger partial charge in [0.25, 0.3) is 0 Å². The van der Waals surface area contributed by atoms with Gasteiger partial charge in [0.15, 0.2) is 0 Å². The van der Waals surface area contributed by atoms with E-state index >= 15 is 0 Å². The molecule has 0 aliphatic heterocycles. The second-order valence-corrected chi connectivity index (χ2v) is 9.65. The third-order valence-electron chi connectivity index (χ3n) is 5.22. The lowest BCUT2D eigenvalue weighted by atomic mass is 9.89. The number of halogens is 2. The van der Waals surface area contributed by atoms with Crippen molar-refractivity contribution in [2.75, 3.05) is 0 Å². The Balaban J connectivity index is 1.83. The van der Waals surface area contributed by atoms with Gasteiger partial charge in [-0.3, -0.25) is 4.79 Å². The average molecular weight is 462 g/mol. The molecule has 5 atom stereocenters. The zero-order chi connectivity index (χ0) is 21.4. The standard InChI is InChI=1S/C21H29Cl2NO4S/c22-17-11-14(29-21(17)23)9-7-13(25)8-10-16-15(18(26)12-19(16)27)5-3-1-2-4-6-20(24)28/h1,3,8,10-11,13,15-16,18-19,25-27H,2,4-7,9,12H2,(H2,24,28)/b3-1+,10-8+/t13-,15+,16+,18-,19+/m0/s1. The Morgan fingerprint density at radius 2 is 2.07 bits per heavy atom. The first-order chi connectivity index (χ1) is 13.8. The molecule has 1 amide bonds. The highest BCUT2D eigenvalue weighted by Crippen LogP contribution is 2.36. The summed E-state index contributed by atoms with van der Waals surface area (Å²) in [5.41, 5.74) is 5.12. The lowest BCUT2D eigenvalue weighted by molar-refractivity contribution is -0.118. The van der Waals surface area contributed by atoms with Crippen LogP contribution in [0.1, 0.15) is 43.4 Å². The molecule has 1 heterocycles. The summed E-state index contributed by atoms with van der Waals surface area (Å²) in [4.78, 5) is 11.7. The van der Waals surface area contributed by atoms with E-state index in [0.717, 1.165) is 11.3 Å². The van der Waals surface area contributed by atoms with Crippen molar-refractivity contribution in [2.45, 2.75) is 63.3 Å². The lowest BCUT2D eigenvalue weighted by Crippen LogP contribution is -2.20. The van der Waals surface area contributed by atoms with E-state index in [4.69, 9.17) is 28.9 Å². The van der Waals surface area contributed by atoms with Crippen LogP contribution in [-0.2, 0) is 11.2 Å². The number of nitrogens with two attached hydrogens (primary N) is 1. The van der Waals surface area contributed by atoms with Gasteiger partial charge in [0, 0.05) is 23.6 Å². The molecule has 1 aromatic heterocycles. The van der Waals surface area contributed by atoms with Gasteiger partial charge in [-0.05, 0) is 44.1 Å². The predicted molar refractivity (Wildman–Crippen MR) is 118 cm³/mol. The number of allylic oxidation sites excluding steroid dienone is 2. The van der Waals surface area contributed by atoms with Gasteiger partial charge in [0.2, 0.25) is 5.91 Å². The summed E-state index contributed by atoms with van der Waals surface area (Å²) >= 11 is 13.3. The number of hydrogen-bond acceptors (Lipinski definition) is 5. The van der Waals surface area contributed by atoms with E-state index in [-0.39, 0.29) is 17.7 Å². The first-order valence-electron chi connectivity index (χ1n) is 9.87. The van der Waals surface area contributed by atoms with Crippen LogP contribution in [0.4, 0.5) is 0 Å². The largest absolute Gasteiger partial charge is 0.393 e. The van der Waals surface area contributed by atoms with Crippen molar-refractivity contribution in [3.8, 4) is 0 Å². The SMILES string of the molecule is NC(=O)CCC/C=C/C[C@@H]1[C@@H](/C=C/[C@@H](O)CCc2cc(Cl)c(Cl)s2)[C@H](O)C[C@@H]1O. The van der Waals surface area contributed by atoms with Crippen LogP contribution in [0.5, 0.6) is 0 Å². The van der Waals surface area contributed by atoms with Crippen LogP contribution in [0.25, 0.3) is 0 Å². The fraction of sp³-hybridized carbons (Fsp3) is 0.571. The van der Waals surface area contributed by atoms with Crippen LogP contribution in [0.15, 0.2) is 30.4 Å². The van der Waals surface area contributed by atoms with Crippen LogP contribution >= 0.6 is 34.5 Å². The van der Waals surface area contributed by atoms with Gasteiger partial charge in [-0.15, -0.1) is 11.3 Å². The maximum Gasteiger partial charge on any atom is 0.217 e. The molecule has 0 radical (unpaired) electrons. The Morgan fingerprint density at radius 1 is 1.31 bits per heavy atom. The molecule has 2 rings (SSSR count). The van der Waals surface area contributed by atoms with E-state index in [1.807, 2.05) is 24.3 Å². The fourth-order valence-corrected chi connectivity index (χ4v) is 5.08. The van der Waals surface area contributed by atoms with Gasteiger partial charge in [-0.1, -0.05) is 47.5 Å². The lowest BCUT2D eigenvalue weighted by Gasteiger charge is -2.19. The predicted octanol–water partition coefficient (Wildman–Crippen LogP) is 3.86. The Hall–Kier alpha value is -0.890. The zero-order valence-electron chi connectivity index (χ0n) is 16.2. The highest BCUT2D eigenvalue weighted by Gasteiger charge is 2.39. The first kappa shape index (κ1) is 24.4. The van der Waals surface area contributed by atoms with Crippen LogP contribution in [0.3, 0.4) is 0 Å². The molecule has 1 fully saturated rings. The van der Waals surface area contributed by atoms with Crippen molar-refractivity contribution in [1.29, 1.82) is 0 Å². The van der Waals surface area contributed by atoms with Crippen molar-refractivity contribution < 1.29 is 20.1 Å². The smallest absolute Gasteiger partial charge is 0.217 e. The highest BCUT2D eigenvalue weighted by molar-refractivity contribution is 7.16. The van der Waals surface area contributed by atoms with Crippen LogP contribution < -0.4 is 5.73 Å². The van der Waals surface area contributed by atoms with E-state index in [9.17, 15) is 20.1 Å². The summed E-state index contributed by atoms with van der Waals surface area (Å²) in [7, 11) is 0. The van der Waals surface area contributed by atoms with E-state index in [1.165, 1.54) is 11.3 Å². The summed E-state index contributed by atoms with van der Waals surface area (Å²) in [6.07, 6.45) is 9.60. The molecule has 1 aliphatic rings. The number of unbranched alkanes of at least 4 members (excludes halogenated alkanes) is 1. The van der Waals surface area contributed by atoms with Crippen molar-refractivity contribution >= 4 is 40.4 Å². The molecule has 0 bridgehead atoms. The Morgan fingerprint density at radius 3 is 2.72 bits per heavy atom. The molecule has 5 N–H and O–H groups in total. The number of aliphatic hydroxyl groups is 3. The molecule has 0 spiro atoms. The van der Waals surface area contributed by atoms with E-state index in [1.54, 1.807) is 6.08 Å². The van der Waals surface area contributed by atoms with Gasteiger partial charge in [0.1, 0.15) is 4.34 Å². The maximum absolute atomic E-state index is 10.7. The van der Waals surface area contributed by atoms with Crippen molar-refractivity contribution in [1.82, 2.24) is 0 Å². The number of thiophene rings is 1. The molecule has 1 aromatic rings. The summed E-state index contributed by atoms with van der Waals surface area (Å²) in [6, 6.07) is 1.81. The first-order valence-corrected chi connectivity index (χ1v) is 11.4. The van der Waals surface area contributed by atoms with Gasteiger partial charge < -0.3 is 21.1 Å². The number of aliphatic hydroxyl groups excluding tert-OH is 3. The average Bonchev–Trinajstić information content (AvgIpc) is 3.11. The van der Waals surface area contributed by atoms with Gasteiger partial charge >= 0.3 is 0 Å². The molecular weight excluding hydrogens is 433 g/mol. The van der Waals surface area contributed by atoms with Crippen molar-refractivity contribution in [3.63, 3.8) is 0 Å². The molecule has 0 unspecified atom stereocenters. The summed E-state index contributed by atoms with van der Waals surface area (Å²) < 4.78 is 0.556. The minimum Gasteiger partial charge on any atom is -0.393 e. The molecule has 1 aliphatic carbocycles. The van der Waals surface area contributed by atoms with Gasteiger partial charge in [-0.2, -0.15) is 0 Å². The van der Waals surface area contributed by atoms with E-state index in [0.29, 0.717) is 47.9 Å². The second-order valence-electron chi connectivity index (χ2n) is 7.50. The highest BCUT2D eigenvalue weighted by atomic mass is 35.5. The normalized spacial score (nSPS) is 26.0. The number of carbonyl (C=O) groups excluding carboxylic acids is 1. The molecular formula is C21H29Cl2NO4S. The Labute approximate surface area is 185 Å². The number of aryl methyl sites for hydroxylation is 1. The molecule has 1 saturated carbocycles. The Bertz CT molecular complexity index is 702. The van der Waals surface area contributed by atoms with Crippen molar-refractivity contribution in [3.05, 3.63) is 44.6 Å². The fourth-order valence-electron chi connectivity index (χ4n) is 3.63. The quantitative estimate of drug-likeness (QED) is 0.296. The van der Waals surface area contributed by atoms with Crippen LogP contribution in [0, 0.1) is 11.8 Å². The van der Waals surface area contributed by atoms with Crippen LogP contribution in [-0.4, -0.2) is 39.5 Å². The van der Waals surface area contributed by atoms with E-state index in [2.05, 4.69) is 0 Å². The van der Waals surface area contributed by atoms with Crippen LogP contribution in [0.2, 0.25) is 9.36 Å². The number of primary amides is 1. The van der Waals surface area contributed by atoms with Gasteiger partial charge in [0.05, 0.1) is 23.3 Å². The van der Waals surface area contributed by atoms with Crippen molar-refractivity contribution in [2.24, 2.45) is 17.6 Å². The topological polar surface area (TPSA) is 104 Å². The molecule has 162 valence electrons. The van der Waals surface area contributed by atoms with E-state index < -0.39 is 18.3 Å². The summed E-state index contributed by atoms with van der Waals surface area (Å²) in [6.45, 7) is 0. The molecule has 29 heavy (non-hydrogen) atoms. The summed E-state index contributed by atoms with van der Waals surface area (Å²) in [5.74, 6) is -0.613. The molecule has 0 aromatic carbocycles. The molecule has 8 heteroatoms. The number of carbonyl (C=O) groups is 1. The maximum atomic E-state index is 10.7. The minimum absolute atomic E-state index is 0.101. The molecule has 5 nitrogen and oxygen atoms in total. The minimum atomic E-state index is -0.649. The molecule has 0 saturated heterocycles. The number of amides is 1. The monoisotopic (exact) mass is 461 g/mol. The number of hydrogen-bond donors (Lipinski definition) is 4. The zero-order valence-corrected chi connectivity index (χ0v) is 18.5. The van der Waals surface area contributed by atoms with Gasteiger partial charge in [-0.25, -0.2) is 0 Å². The second kappa shape index (κ2) is 12.1. The number of rotatable bonds is 11. The third kappa shape index (κ3) is 8.04.